The molecule has 0 bridgehead atoms. The average molecular weight is 294 g/mol. The molecule has 6 nitrogen and oxygen atoms in total. The van der Waals surface area contributed by atoms with Crippen molar-refractivity contribution in [2.45, 2.75) is 18.1 Å². The first kappa shape index (κ1) is 14.4. The van der Waals surface area contributed by atoms with Gasteiger partial charge in [0.15, 0.2) is 0 Å². The molecule has 7 heteroatoms. The van der Waals surface area contributed by atoms with Gasteiger partial charge in [-0.2, -0.15) is 0 Å². The fourth-order valence-corrected chi connectivity index (χ4v) is 2.59. The van der Waals surface area contributed by atoms with Gasteiger partial charge in [0.05, 0.1) is 18.3 Å². The minimum absolute atomic E-state index is 0.169. The smallest absolute Gasteiger partial charge is 0.286 e. The third kappa shape index (κ3) is 3.99. The zero-order valence-electron chi connectivity index (χ0n) is 10.6. The minimum Gasteiger partial charge on any atom is -0.493 e. The monoisotopic (exact) mass is 294 g/mol. The highest BCUT2D eigenvalue weighted by atomic mass is 32.2. The topological polar surface area (TPSA) is 98.5 Å². The van der Waals surface area contributed by atoms with Crippen molar-refractivity contribution in [1.29, 1.82) is 0 Å². The van der Waals surface area contributed by atoms with Gasteiger partial charge in [0.2, 0.25) is 11.8 Å². The van der Waals surface area contributed by atoms with E-state index >= 15 is 0 Å². The number of thioether (sulfide) groups is 1. The van der Waals surface area contributed by atoms with E-state index < -0.39 is 5.91 Å². The summed E-state index contributed by atoms with van der Waals surface area (Å²) >= 11 is 1.01. The molecule has 1 aromatic rings. The van der Waals surface area contributed by atoms with Gasteiger partial charge < -0.3 is 10.5 Å². The van der Waals surface area contributed by atoms with Crippen molar-refractivity contribution in [2.24, 2.45) is 5.73 Å². The van der Waals surface area contributed by atoms with E-state index in [4.69, 9.17) is 10.5 Å². The van der Waals surface area contributed by atoms with Gasteiger partial charge in [0, 0.05) is 0 Å². The van der Waals surface area contributed by atoms with Gasteiger partial charge in [0.1, 0.15) is 5.75 Å². The second-order valence-electron chi connectivity index (χ2n) is 4.30. The molecule has 1 aliphatic heterocycles. The van der Waals surface area contributed by atoms with E-state index in [9.17, 15) is 14.4 Å². The van der Waals surface area contributed by atoms with Crippen LogP contribution in [0.4, 0.5) is 4.79 Å². The molecule has 3 N–H and O–H groups in total. The lowest BCUT2D eigenvalue weighted by Gasteiger charge is -2.08. The number of nitrogens with one attached hydrogen (secondary N) is 1. The zero-order chi connectivity index (χ0) is 14.5. The molecule has 106 valence electrons. The number of rotatable bonds is 6. The number of hydrogen-bond acceptors (Lipinski definition) is 5. The van der Waals surface area contributed by atoms with Crippen molar-refractivity contribution in [1.82, 2.24) is 5.32 Å². The van der Waals surface area contributed by atoms with E-state index in [0.29, 0.717) is 12.2 Å². The number of imide groups is 1. The van der Waals surface area contributed by atoms with Crippen LogP contribution < -0.4 is 15.8 Å². The van der Waals surface area contributed by atoms with Crippen LogP contribution in [0.15, 0.2) is 24.3 Å². The molecule has 0 aliphatic carbocycles. The number of amides is 3. The van der Waals surface area contributed by atoms with Crippen LogP contribution in [0.3, 0.4) is 0 Å². The van der Waals surface area contributed by atoms with Crippen molar-refractivity contribution in [3.05, 3.63) is 29.8 Å². The third-order valence-electron chi connectivity index (χ3n) is 2.73. The van der Waals surface area contributed by atoms with Crippen LogP contribution in [-0.2, 0) is 16.0 Å². The first-order chi connectivity index (χ1) is 9.54. The van der Waals surface area contributed by atoms with Gasteiger partial charge in [0.25, 0.3) is 5.24 Å². The number of nitrogens with two attached hydrogens (primary N) is 1. The molecule has 1 aliphatic rings. The summed E-state index contributed by atoms with van der Waals surface area (Å²) in [5, 5.41) is 1.58. The summed E-state index contributed by atoms with van der Waals surface area (Å²) in [6.07, 6.45) is 0.659. The molecule has 0 spiro atoms. The van der Waals surface area contributed by atoms with Crippen LogP contribution in [0.25, 0.3) is 0 Å². The van der Waals surface area contributed by atoms with Gasteiger partial charge in [-0.1, -0.05) is 23.9 Å². The second-order valence-corrected chi connectivity index (χ2v) is 5.47. The molecule has 3 amide bonds. The summed E-state index contributed by atoms with van der Waals surface area (Å²) < 4.78 is 5.34. The largest absolute Gasteiger partial charge is 0.493 e. The summed E-state index contributed by atoms with van der Waals surface area (Å²) in [6, 6.07) is 7.18. The predicted molar refractivity (Wildman–Crippen MR) is 74.4 cm³/mol. The SMILES string of the molecule is NC(=O)CCOc1ccc(CC2SC(=O)NC2=O)cc1. The van der Waals surface area contributed by atoms with Crippen molar-refractivity contribution in [3.63, 3.8) is 0 Å². The second kappa shape index (κ2) is 6.42. The molecule has 0 radical (unpaired) electrons. The summed E-state index contributed by atoms with van der Waals surface area (Å²) in [6.45, 7) is 0.240. The Bertz CT molecular complexity index is 530. The highest BCUT2D eigenvalue weighted by molar-refractivity contribution is 8.15. The van der Waals surface area contributed by atoms with Crippen molar-refractivity contribution >= 4 is 28.8 Å². The van der Waals surface area contributed by atoms with Gasteiger partial charge in [-0.05, 0) is 24.1 Å². The molecule has 1 saturated heterocycles. The number of hydrogen-bond donors (Lipinski definition) is 2. The van der Waals surface area contributed by atoms with Gasteiger partial charge in [-0.25, -0.2) is 0 Å². The Balaban J connectivity index is 1.86. The normalized spacial score (nSPS) is 17.9. The molecule has 1 heterocycles. The lowest BCUT2D eigenvalue weighted by molar-refractivity contribution is -0.119. The molecule has 1 aromatic carbocycles. The fraction of sp³-hybridized carbons (Fsp3) is 0.308. The Hall–Kier alpha value is -2.02. The molecule has 2 rings (SSSR count). The number of primary amides is 1. The van der Waals surface area contributed by atoms with Gasteiger partial charge in [-0.3, -0.25) is 19.7 Å². The van der Waals surface area contributed by atoms with E-state index in [0.717, 1.165) is 17.3 Å². The molecule has 1 unspecified atom stereocenters. The van der Waals surface area contributed by atoms with E-state index in [1.54, 1.807) is 12.1 Å². The highest BCUT2D eigenvalue weighted by Crippen LogP contribution is 2.23. The molecule has 1 fully saturated rings. The van der Waals surface area contributed by atoms with E-state index in [1.807, 2.05) is 12.1 Å². The molecule has 0 aromatic heterocycles. The first-order valence-corrected chi connectivity index (χ1v) is 6.94. The Labute approximate surface area is 120 Å². The fourth-order valence-electron chi connectivity index (χ4n) is 1.73. The van der Waals surface area contributed by atoms with E-state index in [2.05, 4.69) is 5.32 Å². The molecule has 20 heavy (non-hydrogen) atoms. The maximum absolute atomic E-state index is 11.4. The summed E-state index contributed by atoms with van der Waals surface area (Å²) in [5.74, 6) is -0.0213. The Morgan fingerprint density at radius 1 is 1.30 bits per heavy atom. The number of carbonyl (C=O) groups excluding carboxylic acids is 3. The van der Waals surface area contributed by atoms with Crippen LogP contribution in [0.5, 0.6) is 5.75 Å². The number of carbonyl (C=O) groups is 3. The molecule has 0 saturated carbocycles. The standard InChI is InChI=1S/C13H14N2O4S/c14-11(16)5-6-19-9-3-1-8(2-4-9)7-10-12(17)15-13(18)20-10/h1-4,10H,5-7H2,(H2,14,16)(H,15,17,18). The number of benzene rings is 1. The Morgan fingerprint density at radius 3 is 2.55 bits per heavy atom. The van der Waals surface area contributed by atoms with E-state index in [1.165, 1.54) is 0 Å². The summed E-state index contributed by atoms with van der Waals surface area (Å²) in [5.41, 5.74) is 5.95. The van der Waals surface area contributed by atoms with Gasteiger partial charge >= 0.3 is 0 Å². The lowest BCUT2D eigenvalue weighted by Crippen LogP contribution is -2.25. The van der Waals surface area contributed by atoms with Crippen molar-refractivity contribution < 1.29 is 19.1 Å². The van der Waals surface area contributed by atoms with Crippen molar-refractivity contribution in [2.75, 3.05) is 6.61 Å². The quantitative estimate of drug-likeness (QED) is 0.810. The summed E-state index contributed by atoms with van der Waals surface area (Å²) in [4.78, 5) is 33.1. The van der Waals surface area contributed by atoms with Crippen LogP contribution in [0.1, 0.15) is 12.0 Å². The minimum atomic E-state index is -0.407. The average Bonchev–Trinajstić information content (AvgIpc) is 2.69. The maximum Gasteiger partial charge on any atom is 0.286 e. The highest BCUT2D eigenvalue weighted by Gasteiger charge is 2.31. The van der Waals surface area contributed by atoms with Crippen LogP contribution in [-0.4, -0.2) is 28.9 Å². The molecular weight excluding hydrogens is 280 g/mol. The van der Waals surface area contributed by atoms with Crippen LogP contribution in [0.2, 0.25) is 0 Å². The third-order valence-corrected chi connectivity index (χ3v) is 3.71. The first-order valence-electron chi connectivity index (χ1n) is 6.06. The van der Waals surface area contributed by atoms with Crippen molar-refractivity contribution in [3.8, 4) is 5.75 Å². The molecular formula is C13H14N2O4S. The predicted octanol–water partition coefficient (Wildman–Crippen LogP) is 0.835. The van der Waals surface area contributed by atoms with E-state index in [-0.39, 0.29) is 29.4 Å². The van der Waals surface area contributed by atoms with Crippen LogP contribution >= 0.6 is 11.8 Å². The lowest BCUT2D eigenvalue weighted by atomic mass is 10.1. The number of ether oxygens (including phenoxy) is 1. The molecule has 1 atom stereocenters. The Morgan fingerprint density at radius 2 is 2.00 bits per heavy atom. The summed E-state index contributed by atoms with van der Waals surface area (Å²) in [7, 11) is 0. The van der Waals surface area contributed by atoms with Crippen LogP contribution in [0, 0.1) is 0 Å². The zero-order valence-corrected chi connectivity index (χ0v) is 11.4. The maximum atomic E-state index is 11.4. The van der Waals surface area contributed by atoms with Gasteiger partial charge in [-0.15, -0.1) is 0 Å². The Kier molecular flexibility index (Phi) is 4.62.